The van der Waals surface area contributed by atoms with Gasteiger partial charge in [0.25, 0.3) is 0 Å². The van der Waals surface area contributed by atoms with Gasteiger partial charge < -0.3 is 4.57 Å². The Bertz CT molecular complexity index is 533. The summed E-state index contributed by atoms with van der Waals surface area (Å²) in [4.78, 5) is 0. The summed E-state index contributed by atoms with van der Waals surface area (Å²) in [7, 11) is -2.84. The minimum Gasteiger partial charge on any atom is -0.317 e. The topological polar surface area (TPSA) is 17.1 Å². The SMILES string of the molecule is O=[PH](c1cc(F)cc(F)c1)c1cc(F)cc(F)c1. The van der Waals surface area contributed by atoms with Crippen LogP contribution in [0.4, 0.5) is 17.6 Å². The van der Waals surface area contributed by atoms with Crippen LogP contribution in [0.1, 0.15) is 0 Å². The normalized spacial score (nSPS) is 10.9. The standard InChI is InChI=1S/C12H7F4OP/c13-7-1-8(14)4-11(3-7)18(17)12-5-9(15)2-10(16)6-12/h1-6,18H. The third kappa shape index (κ3) is 2.79. The fourth-order valence-corrected chi connectivity index (χ4v) is 2.95. The van der Waals surface area contributed by atoms with E-state index in [1.165, 1.54) is 0 Å². The molecule has 0 saturated heterocycles. The minimum absolute atomic E-state index is 0.123. The molecule has 2 aromatic rings. The monoisotopic (exact) mass is 274 g/mol. The van der Waals surface area contributed by atoms with Crippen LogP contribution in [0.5, 0.6) is 0 Å². The lowest BCUT2D eigenvalue weighted by Crippen LogP contribution is -2.09. The van der Waals surface area contributed by atoms with Crippen LogP contribution in [0.2, 0.25) is 0 Å². The van der Waals surface area contributed by atoms with Crippen LogP contribution < -0.4 is 10.6 Å². The first-order chi connectivity index (χ1) is 8.45. The largest absolute Gasteiger partial charge is 0.317 e. The van der Waals surface area contributed by atoms with Gasteiger partial charge in [-0.3, -0.25) is 0 Å². The molecule has 0 aromatic heterocycles. The van der Waals surface area contributed by atoms with Crippen molar-refractivity contribution in [2.24, 2.45) is 0 Å². The molecule has 0 heterocycles. The van der Waals surface area contributed by atoms with Gasteiger partial charge in [0.15, 0.2) is 0 Å². The van der Waals surface area contributed by atoms with Gasteiger partial charge in [0.05, 0.1) is 0 Å². The molecule has 1 nitrogen and oxygen atoms in total. The Hall–Kier alpha value is -1.61. The molecule has 0 N–H and O–H groups in total. The van der Waals surface area contributed by atoms with Crippen LogP contribution in [0.3, 0.4) is 0 Å². The summed E-state index contributed by atoms with van der Waals surface area (Å²) >= 11 is 0. The number of rotatable bonds is 2. The summed E-state index contributed by atoms with van der Waals surface area (Å²) in [5.41, 5.74) is 0. The lowest BCUT2D eigenvalue weighted by atomic mass is 10.3. The Balaban J connectivity index is 2.47. The van der Waals surface area contributed by atoms with E-state index >= 15 is 0 Å². The Morgan fingerprint density at radius 2 is 0.889 bits per heavy atom. The first-order valence-corrected chi connectivity index (χ1v) is 6.33. The molecule has 0 saturated carbocycles. The van der Waals surface area contributed by atoms with Crippen molar-refractivity contribution in [3.05, 3.63) is 59.7 Å². The second-order valence-corrected chi connectivity index (χ2v) is 5.46. The summed E-state index contributed by atoms with van der Waals surface area (Å²) in [6.07, 6.45) is 0. The Labute approximate surface area is 101 Å². The minimum atomic E-state index is -2.84. The summed E-state index contributed by atoms with van der Waals surface area (Å²) in [5, 5.41) is -0.245. The fraction of sp³-hybridized carbons (Fsp3) is 0. The molecule has 0 aliphatic heterocycles. The summed E-state index contributed by atoms with van der Waals surface area (Å²) < 4.78 is 63.8. The highest BCUT2D eigenvalue weighted by Gasteiger charge is 2.12. The molecular weight excluding hydrogens is 267 g/mol. The Morgan fingerprint density at radius 3 is 1.17 bits per heavy atom. The zero-order valence-corrected chi connectivity index (χ0v) is 9.88. The van der Waals surface area contributed by atoms with E-state index in [4.69, 9.17) is 0 Å². The highest BCUT2D eigenvalue weighted by atomic mass is 31.1. The second kappa shape index (κ2) is 4.94. The molecule has 0 spiro atoms. The van der Waals surface area contributed by atoms with Gasteiger partial charge in [-0.2, -0.15) is 0 Å². The molecule has 0 atom stereocenters. The Morgan fingerprint density at radius 1 is 0.611 bits per heavy atom. The van der Waals surface area contributed by atoms with Gasteiger partial charge in [-0.15, -0.1) is 0 Å². The highest BCUT2D eigenvalue weighted by molar-refractivity contribution is 7.61. The number of hydrogen-bond donors (Lipinski definition) is 0. The van der Waals surface area contributed by atoms with Crippen molar-refractivity contribution >= 4 is 18.4 Å². The van der Waals surface area contributed by atoms with Gasteiger partial charge in [-0.05, 0) is 24.3 Å². The van der Waals surface area contributed by atoms with E-state index in [0.717, 1.165) is 24.3 Å². The van der Waals surface area contributed by atoms with Crippen LogP contribution >= 0.6 is 7.80 Å². The molecule has 94 valence electrons. The lowest BCUT2D eigenvalue weighted by molar-refractivity contribution is 0.580. The second-order valence-electron chi connectivity index (χ2n) is 3.65. The molecule has 0 unspecified atom stereocenters. The van der Waals surface area contributed by atoms with Crippen molar-refractivity contribution in [1.82, 2.24) is 0 Å². The van der Waals surface area contributed by atoms with E-state index < -0.39 is 31.1 Å². The summed E-state index contributed by atoms with van der Waals surface area (Å²) in [5.74, 6) is -3.55. The molecule has 6 heteroatoms. The van der Waals surface area contributed by atoms with Crippen LogP contribution in [-0.4, -0.2) is 0 Å². The molecule has 0 aliphatic carbocycles. The quantitative estimate of drug-likeness (QED) is 0.608. The van der Waals surface area contributed by atoms with E-state index in [0.29, 0.717) is 12.1 Å². The van der Waals surface area contributed by atoms with Crippen LogP contribution in [0.25, 0.3) is 0 Å². The van der Waals surface area contributed by atoms with Gasteiger partial charge in [-0.25, -0.2) is 17.6 Å². The van der Waals surface area contributed by atoms with Crippen molar-refractivity contribution in [1.29, 1.82) is 0 Å². The Kier molecular flexibility index (Phi) is 3.53. The molecule has 2 rings (SSSR count). The van der Waals surface area contributed by atoms with Gasteiger partial charge in [0, 0.05) is 22.7 Å². The maximum absolute atomic E-state index is 13.0. The van der Waals surface area contributed by atoms with E-state index in [1.807, 2.05) is 0 Å². The third-order valence-corrected chi connectivity index (χ3v) is 3.88. The van der Waals surface area contributed by atoms with E-state index in [9.17, 15) is 22.1 Å². The van der Waals surface area contributed by atoms with Gasteiger partial charge in [0.2, 0.25) is 0 Å². The molecule has 0 amide bonds. The number of halogens is 4. The highest BCUT2D eigenvalue weighted by Crippen LogP contribution is 2.21. The van der Waals surface area contributed by atoms with Crippen molar-refractivity contribution in [2.45, 2.75) is 0 Å². The predicted molar refractivity (Wildman–Crippen MR) is 61.0 cm³/mol. The van der Waals surface area contributed by atoms with Crippen molar-refractivity contribution in [3.63, 3.8) is 0 Å². The first-order valence-electron chi connectivity index (χ1n) is 4.92. The zero-order chi connectivity index (χ0) is 13.3. The summed E-state index contributed by atoms with van der Waals surface area (Å²) in [6.45, 7) is 0. The first kappa shape index (κ1) is 12.8. The molecular formula is C12H7F4OP. The molecule has 0 radical (unpaired) electrons. The summed E-state index contributed by atoms with van der Waals surface area (Å²) in [6, 6.07) is 4.79. The molecule has 18 heavy (non-hydrogen) atoms. The molecule has 2 aromatic carbocycles. The lowest BCUT2D eigenvalue weighted by Gasteiger charge is -2.04. The van der Waals surface area contributed by atoms with Crippen molar-refractivity contribution < 1.29 is 22.1 Å². The smallest absolute Gasteiger partial charge is 0.132 e. The molecule has 0 bridgehead atoms. The van der Waals surface area contributed by atoms with Crippen molar-refractivity contribution in [2.75, 3.05) is 0 Å². The maximum Gasteiger partial charge on any atom is 0.132 e. The number of benzene rings is 2. The van der Waals surface area contributed by atoms with E-state index in [2.05, 4.69) is 0 Å². The number of hydrogen-bond acceptors (Lipinski definition) is 1. The van der Waals surface area contributed by atoms with Crippen LogP contribution in [0.15, 0.2) is 36.4 Å². The van der Waals surface area contributed by atoms with Crippen molar-refractivity contribution in [3.8, 4) is 0 Å². The van der Waals surface area contributed by atoms with E-state index in [1.54, 1.807) is 0 Å². The predicted octanol–water partition coefficient (Wildman–Crippen LogP) is 2.75. The molecule has 0 fully saturated rings. The van der Waals surface area contributed by atoms with E-state index in [-0.39, 0.29) is 10.6 Å². The van der Waals surface area contributed by atoms with Crippen LogP contribution in [-0.2, 0) is 4.57 Å². The van der Waals surface area contributed by atoms with Gasteiger partial charge in [-0.1, -0.05) is 0 Å². The fourth-order valence-electron chi connectivity index (χ4n) is 1.54. The average Bonchev–Trinajstić information content (AvgIpc) is 2.25. The zero-order valence-electron chi connectivity index (χ0n) is 8.88. The van der Waals surface area contributed by atoms with Crippen LogP contribution in [0, 0.1) is 23.3 Å². The maximum atomic E-state index is 13.0. The molecule has 0 aliphatic rings. The average molecular weight is 274 g/mol. The van der Waals surface area contributed by atoms with Gasteiger partial charge >= 0.3 is 0 Å². The van der Waals surface area contributed by atoms with Gasteiger partial charge in [0.1, 0.15) is 31.1 Å². The third-order valence-electron chi connectivity index (χ3n) is 2.25.